The van der Waals surface area contributed by atoms with Crippen molar-refractivity contribution in [1.82, 2.24) is 4.90 Å². The van der Waals surface area contributed by atoms with Gasteiger partial charge in [0, 0.05) is 18.3 Å². The number of hydrogen-bond acceptors (Lipinski definition) is 3. The second-order valence-corrected chi connectivity index (χ2v) is 5.41. The van der Waals surface area contributed by atoms with Gasteiger partial charge < -0.3 is 15.0 Å². The van der Waals surface area contributed by atoms with Crippen molar-refractivity contribution in [2.75, 3.05) is 32.6 Å². The van der Waals surface area contributed by atoms with Crippen LogP contribution in [0.3, 0.4) is 0 Å². The third-order valence-corrected chi connectivity index (χ3v) is 3.16. The number of ether oxygens (including phenoxy) is 1. The molecule has 0 aliphatic carbocycles. The molecule has 0 unspecified atom stereocenters. The Hall–Kier alpha value is -2.59. The largest absolute Gasteiger partial charge is 0.492 e. The smallest absolute Gasteiger partial charge is 0.248 e. The molecule has 0 saturated heterocycles. The Balaban J connectivity index is 1.83. The molecule has 0 bridgehead atoms. The predicted octanol–water partition coefficient (Wildman–Crippen LogP) is 3.28. The molecule has 0 spiro atoms. The second kappa shape index (κ2) is 8.76. The fraction of sp³-hybridized carbons (Fsp3) is 0.211. The molecule has 1 amide bonds. The number of benzene rings is 2. The van der Waals surface area contributed by atoms with Gasteiger partial charge in [0.1, 0.15) is 12.4 Å². The zero-order valence-electron chi connectivity index (χ0n) is 13.5. The molecular formula is C19H22N2O2. The van der Waals surface area contributed by atoms with Crippen molar-refractivity contribution in [3.63, 3.8) is 0 Å². The summed E-state index contributed by atoms with van der Waals surface area (Å²) in [7, 11) is 4.01. The second-order valence-electron chi connectivity index (χ2n) is 5.41. The zero-order valence-corrected chi connectivity index (χ0v) is 13.5. The molecule has 0 radical (unpaired) electrons. The number of nitrogens with one attached hydrogen (secondary N) is 1. The maximum absolute atomic E-state index is 11.9. The highest BCUT2D eigenvalue weighted by Gasteiger charge is 1.99. The molecule has 4 nitrogen and oxygen atoms in total. The van der Waals surface area contributed by atoms with Crippen LogP contribution in [0.4, 0.5) is 5.69 Å². The number of carbonyl (C=O) groups is 1. The van der Waals surface area contributed by atoms with Gasteiger partial charge in [0.25, 0.3) is 0 Å². The Morgan fingerprint density at radius 2 is 1.78 bits per heavy atom. The van der Waals surface area contributed by atoms with Crippen LogP contribution < -0.4 is 10.1 Å². The molecule has 1 N–H and O–H groups in total. The van der Waals surface area contributed by atoms with E-state index in [0.29, 0.717) is 6.61 Å². The zero-order chi connectivity index (χ0) is 16.5. The number of carbonyl (C=O) groups excluding carboxylic acids is 1. The van der Waals surface area contributed by atoms with E-state index in [-0.39, 0.29) is 5.91 Å². The highest BCUT2D eigenvalue weighted by Crippen LogP contribution is 2.15. The quantitative estimate of drug-likeness (QED) is 0.798. The van der Waals surface area contributed by atoms with E-state index in [1.54, 1.807) is 6.08 Å². The van der Waals surface area contributed by atoms with Crippen molar-refractivity contribution in [3.8, 4) is 5.75 Å². The fourth-order valence-electron chi connectivity index (χ4n) is 1.90. The van der Waals surface area contributed by atoms with Gasteiger partial charge in [0.2, 0.25) is 5.91 Å². The Morgan fingerprint density at radius 3 is 2.43 bits per heavy atom. The van der Waals surface area contributed by atoms with Gasteiger partial charge in [-0.1, -0.05) is 30.3 Å². The van der Waals surface area contributed by atoms with E-state index in [0.717, 1.165) is 23.5 Å². The van der Waals surface area contributed by atoms with Gasteiger partial charge >= 0.3 is 0 Å². The summed E-state index contributed by atoms with van der Waals surface area (Å²) in [6.45, 7) is 1.50. The van der Waals surface area contributed by atoms with E-state index in [1.807, 2.05) is 68.7 Å². The fourth-order valence-corrected chi connectivity index (χ4v) is 1.90. The summed E-state index contributed by atoms with van der Waals surface area (Å²) in [5.41, 5.74) is 1.74. The van der Waals surface area contributed by atoms with Crippen molar-refractivity contribution in [3.05, 3.63) is 66.2 Å². The first-order chi connectivity index (χ1) is 11.1. The van der Waals surface area contributed by atoms with E-state index >= 15 is 0 Å². The average molecular weight is 310 g/mol. The molecule has 0 heterocycles. The highest BCUT2D eigenvalue weighted by atomic mass is 16.5. The summed E-state index contributed by atoms with van der Waals surface area (Å²) in [6, 6.07) is 17.1. The van der Waals surface area contributed by atoms with Gasteiger partial charge in [-0.25, -0.2) is 0 Å². The van der Waals surface area contributed by atoms with Crippen molar-refractivity contribution in [2.24, 2.45) is 0 Å². The van der Waals surface area contributed by atoms with E-state index in [2.05, 4.69) is 10.2 Å². The molecule has 0 atom stereocenters. The van der Waals surface area contributed by atoms with E-state index in [1.165, 1.54) is 6.08 Å². The van der Waals surface area contributed by atoms with Crippen LogP contribution in [-0.4, -0.2) is 38.1 Å². The molecule has 0 fully saturated rings. The van der Waals surface area contributed by atoms with E-state index in [4.69, 9.17) is 4.74 Å². The maximum atomic E-state index is 11.9. The minimum atomic E-state index is -0.157. The third-order valence-electron chi connectivity index (χ3n) is 3.16. The molecule has 23 heavy (non-hydrogen) atoms. The number of anilines is 1. The van der Waals surface area contributed by atoms with Crippen LogP contribution in [0, 0.1) is 0 Å². The Kier molecular flexibility index (Phi) is 6.39. The number of nitrogens with zero attached hydrogens (tertiary/aromatic N) is 1. The van der Waals surface area contributed by atoms with Gasteiger partial charge in [-0.15, -0.1) is 0 Å². The molecule has 120 valence electrons. The first-order valence-electron chi connectivity index (χ1n) is 7.55. The molecular weight excluding hydrogens is 288 g/mol. The lowest BCUT2D eigenvalue weighted by atomic mass is 10.2. The van der Waals surface area contributed by atoms with Crippen LogP contribution in [-0.2, 0) is 4.79 Å². The van der Waals surface area contributed by atoms with E-state index < -0.39 is 0 Å². The summed E-state index contributed by atoms with van der Waals surface area (Å²) >= 11 is 0. The standard InChI is InChI=1S/C19H22N2O2/c1-21(2)14-15-23-18-11-9-17(10-12-18)20-19(22)13-8-16-6-4-3-5-7-16/h3-13H,14-15H2,1-2H3,(H,20,22)/b13-8+. The first kappa shape index (κ1) is 16.8. The van der Waals surface area contributed by atoms with Crippen LogP contribution in [0.2, 0.25) is 0 Å². The lowest BCUT2D eigenvalue weighted by molar-refractivity contribution is -0.111. The summed E-state index contributed by atoms with van der Waals surface area (Å²) in [6.07, 6.45) is 3.31. The van der Waals surface area contributed by atoms with Crippen molar-refractivity contribution in [1.29, 1.82) is 0 Å². The highest BCUT2D eigenvalue weighted by molar-refractivity contribution is 6.01. The molecule has 2 rings (SSSR count). The van der Waals surface area contributed by atoms with Crippen LogP contribution in [0.1, 0.15) is 5.56 Å². The van der Waals surface area contributed by atoms with Gasteiger partial charge in [0.15, 0.2) is 0 Å². The van der Waals surface area contributed by atoms with Crippen LogP contribution in [0.5, 0.6) is 5.75 Å². The van der Waals surface area contributed by atoms with Crippen LogP contribution >= 0.6 is 0 Å². The Morgan fingerprint density at radius 1 is 1.09 bits per heavy atom. The summed E-state index contributed by atoms with van der Waals surface area (Å²) in [5.74, 6) is 0.639. The summed E-state index contributed by atoms with van der Waals surface area (Å²) in [4.78, 5) is 13.9. The summed E-state index contributed by atoms with van der Waals surface area (Å²) in [5, 5.41) is 2.82. The maximum Gasteiger partial charge on any atom is 0.248 e. The van der Waals surface area contributed by atoms with Gasteiger partial charge in [-0.05, 0) is 50.0 Å². The van der Waals surface area contributed by atoms with Crippen LogP contribution in [0.15, 0.2) is 60.7 Å². The van der Waals surface area contributed by atoms with E-state index in [9.17, 15) is 4.79 Å². The molecule has 0 aliphatic rings. The lowest BCUT2D eigenvalue weighted by Gasteiger charge is -2.11. The Bertz CT molecular complexity index is 634. The number of rotatable bonds is 7. The van der Waals surface area contributed by atoms with Crippen LogP contribution in [0.25, 0.3) is 6.08 Å². The Labute approximate surface area is 137 Å². The normalized spacial score (nSPS) is 10.9. The molecule has 2 aromatic rings. The molecule has 4 heteroatoms. The van der Waals surface area contributed by atoms with Gasteiger partial charge in [-0.2, -0.15) is 0 Å². The molecule has 0 saturated carbocycles. The minimum Gasteiger partial charge on any atom is -0.492 e. The number of hydrogen-bond donors (Lipinski definition) is 1. The van der Waals surface area contributed by atoms with Crippen molar-refractivity contribution < 1.29 is 9.53 Å². The average Bonchev–Trinajstić information content (AvgIpc) is 2.55. The minimum absolute atomic E-state index is 0.157. The molecule has 0 aromatic heterocycles. The number of amides is 1. The van der Waals surface area contributed by atoms with Crippen molar-refractivity contribution in [2.45, 2.75) is 0 Å². The summed E-state index contributed by atoms with van der Waals surface area (Å²) < 4.78 is 5.61. The van der Waals surface area contributed by atoms with Gasteiger partial charge in [0.05, 0.1) is 0 Å². The predicted molar refractivity (Wildman–Crippen MR) is 94.6 cm³/mol. The molecule has 2 aromatic carbocycles. The first-order valence-corrected chi connectivity index (χ1v) is 7.55. The monoisotopic (exact) mass is 310 g/mol. The third kappa shape index (κ3) is 6.36. The molecule has 0 aliphatic heterocycles. The van der Waals surface area contributed by atoms with Crippen molar-refractivity contribution >= 4 is 17.7 Å². The SMILES string of the molecule is CN(C)CCOc1ccc(NC(=O)/C=C/c2ccccc2)cc1. The lowest BCUT2D eigenvalue weighted by Crippen LogP contribution is -2.19. The number of likely N-dealkylation sites (N-methyl/N-ethyl adjacent to an activating group) is 1. The topological polar surface area (TPSA) is 41.6 Å². The van der Waals surface area contributed by atoms with Gasteiger partial charge in [-0.3, -0.25) is 4.79 Å².